The maximum atomic E-state index is 13.2. The Morgan fingerprint density at radius 2 is 1.79 bits per heavy atom. The van der Waals surface area contributed by atoms with Crippen molar-refractivity contribution in [2.75, 3.05) is 50.7 Å². The van der Waals surface area contributed by atoms with Gasteiger partial charge in [0.15, 0.2) is 0 Å². The van der Waals surface area contributed by atoms with Crippen molar-refractivity contribution in [3.05, 3.63) is 46.7 Å². The fourth-order valence-electron chi connectivity index (χ4n) is 6.78. The Bertz CT molecular complexity index is 1350. The maximum absolute atomic E-state index is 13.2. The van der Waals surface area contributed by atoms with Crippen LogP contribution in [-0.4, -0.2) is 101 Å². The van der Waals surface area contributed by atoms with Gasteiger partial charge in [-0.3, -0.25) is 14.5 Å². The summed E-state index contributed by atoms with van der Waals surface area (Å²) in [7, 11) is 0. The zero-order chi connectivity index (χ0) is 30.2. The van der Waals surface area contributed by atoms with Gasteiger partial charge in [-0.05, 0) is 18.6 Å². The summed E-state index contributed by atoms with van der Waals surface area (Å²) < 4.78 is 6.31. The molecule has 3 aliphatic rings. The summed E-state index contributed by atoms with van der Waals surface area (Å²) in [6, 6.07) is 6.91. The van der Waals surface area contributed by atoms with Gasteiger partial charge in [-0.1, -0.05) is 39.3 Å². The highest BCUT2D eigenvalue weighted by atomic mass is 35.5. The minimum atomic E-state index is -0.411. The van der Waals surface area contributed by atoms with Gasteiger partial charge in [0.05, 0.1) is 28.8 Å². The third-order valence-corrected chi connectivity index (χ3v) is 9.17. The van der Waals surface area contributed by atoms with Crippen LogP contribution in [0.3, 0.4) is 0 Å². The summed E-state index contributed by atoms with van der Waals surface area (Å²) >= 11 is 6.20. The lowest BCUT2D eigenvalue weighted by Crippen LogP contribution is -2.74. The number of aromatic nitrogens is 2. The number of halogens is 1. The van der Waals surface area contributed by atoms with E-state index < -0.39 is 6.10 Å². The van der Waals surface area contributed by atoms with Crippen LogP contribution in [0.25, 0.3) is 0 Å². The summed E-state index contributed by atoms with van der Waals surface area (Å²) in [6.07, 6.45) is 3.14. The predicted molar refractivity (Wildman–Crippen MR) is 157 cm³/mol. The van der Waals surface area contributed by atoms with Crippen molar-refractivity contribution in [1.29, 1.82) is 5.26 Å². The molecule has 3 heterocycles. The molecule has 0 spiro atoms. The number of rotatable bonds is 7. The number of anilines is 1. The van der Waals surface area contributed by atoms with Crippen LogP contribution >= 0.6 is 11.6 Å². The molecule has 11 nitrogen and oxygen atoms in total. The number of nitriles is 1. The predicted octanol–water partition coefficient (Wildman–Crippen LogP) is 2.33. The van der Waals surface area contributed by atoms with Crippen molar-refractivity contribution in [2.45, 2.75) is 52.4 Å². The number of hydrogen-bond donors (Lipinski definition) is 2. The number of ether oxygens (including phenoxy) is 1. The molecule has 2 aromatic rings. The number of aliphatic hydroxyl groups is 1. The Morgan fingerprint density at radius 1 is 1.12 bits per heavy atom. The molecule has 2 aliphatic heterocycles. The highest BCUT2D eigenvalue weighted by Gasteiger charge is 2.64. The van der Waals surface area contributed by atoms with Crippen molar-refractivity contribution in [1.82, 2.24) is 25.1 Å². The van der Waals surface area contributed by atoms with Crippen LogP contribution in [0, 0.1) is 22.2 Å². The number of carbonyl (C=O) groups excluding carboxylic acids is 2. The minimum absolute atomic E-state index is 0.0565. The van der Waals surface area contributed by atoms with Gasteiger partial charge in [-0.25, -0.2) is 9.97 Å². The molecular formula is C30H38ClN7O4. The highest BCUT2D eigenvalue weighted by molar-refractivity contribution is 6.31. The number of benzene rings is 1. The van der Waals surface area contributed by atoms with E-state index in [1.807, 2.05) is 0 Å². The summed E-state index contributed by atoms with van der Waals surface area (Å²) in [5.74, 6) is 0.945. The number of likely N-dealkylation sites (tertiary alicyclic amines) is 1. The van der Waals surface area contributed by atoms with E-state index >= 15 is 0 Å². The van der Waals surface area contributed by atoms with Crippen LogP contribution in [0.5, 0.6) is 5.75 Å². The maximum Gasteiger partial charge on any atom is 0.254 e. The van der Waals surface area contributed by atoms with Crippen molar-refractivity contribution in [2.24, 2.45) is 10.8 Å². The summed E-state index contributed by atoms with van der Waals surface area (Å²) in [5.41, 5.74) is 0.0143. The van der Waals surface area contributed by atoms with Gasteiger partial charge < -0.3 is 25.0 Å². The molecule has 2 saturated heterocycles. The van der Waals surface area contributed by atoms with Gasteiger partial charge in [-0.2, -0.15) is 5.26 Å². The van der Waals surface area contributed by atoms with Crippen LogP contribution in [0.4, 0.5) is 5.95 Å². The quantitative estimate of drug-likeness (QED) is 0.494. The first-order valence-corrected chi connectivity index (χ1v) is 14.7. The number of carbonyl (C=O) groups is 2. The Labute approximate surface area is 251 Å². The number of hydrogen-bond acceptors (Lipinski definition) is 9. The van der Waals surface area contributed by atoms with Crippen molar-refractivity contribution in [3.8, 4) is 11.8 Å². The topological polar surface area (TPSA) is 135 Å². The lowest BCUT2D eigenvalue weighted by molar-refractivity contribution is -0.164. The van der Waals surface area contributed by atoms with E-state index in [0.29, 0.717) is 80.1 Å². The molecule has 1 aliphatic carbocycles. The number of aliphatic hydroxyl groups excluding tert-OH is 1. The number of nitrogens with one attached hydrogen (secondary N) is 1. The van der Waals surface area contributed by atoms with E-state index in [1.54, 1.807) is 35.5 Å². The number of amides is 2. The second kappa shape index (κ2) is 11.7. The van der Waals surface area contributed by atoms with Crippen molar-refractivity contribution >= 4 is 29.4 Å². The molecule has 0 bridgehead atoms. The molecule has 2 amide bonds. The molecular weight excluding hydrogens is 558 g/mol. The molecule has 2 N–H and O–H groups in total. The normalized spacial score (nSPS) is 24.9. The SMILES string of the molecule is CC1(C)C(NC(=O)c2cnc(N3CCN(CC(=O)N4CC[C@@H](O)C4)CC3)nc2)C(C)(C)C1Oc1ccc(C#N)c(Cl)c1. The lowest BCUT2D eigenvalue weighted by Gasteiger charge is -2.63. The summed E-state index contributed by atoms with van der Waals surface area (Å²) in [5, 5.41) is 22.3. The Balaban J connectivity index is 1.14. The molecule has 1 aromatic heterocycles. The molecule has 1 atom stereocenters. The van der Waals surface area contributed by atoms with E-state index in [-0.39, 0.29) is 34.8 Å². The first-order chi connectivity index (χ1) is 19.9. The monoisotopic (exact) mass is 595 g/mol. The standard InChI is InChI=1S/C30H38ClN7O4/c1-29(2)26(30(3,4)27(29)42-22-6-5-19(14-32)23(31)13-22)35-25(41)20-15-33-28(34-16-20)37-11-9-36(10-12-37)18-24(40)38-8-7-21(39)17-38/h5-6,13,15-16,21,26-27,39H,7-12,17-18H2,1-4H3,(H,35,41)/t21-,26?,27?/m1/s1. The zero-order valence-electron chi connectivity index (χ0n) is 24.5. The number of piperazine rings is 1. The van der Waals surface area contributed by atoms with Gasteiger partial charge in [0.2, 0.25) is 11.9 Å². The second-order valence-corrected chi connectivity index (χ2v) is 13.0. The van der Waals surface area contributed by atoms with Crippen LogP contribution in [0.15, 0.2) is 30.6 Å². The van der Waals surface area contributed by atoms with E-state index in [0.717, 1.165) is 0 Å². The van der Waals surface area contributed by atoms with Crippen molar-refractivity contribution in [3.63, 3.8) is 0 Å². The first kappa shape index (κ1) is 30.0. The average molecular weight is 596 g/mol. The van der Waals surface area contributed by atoms with E-state index in [4.69, 9.17) is 21.6 Å². The Hall–Kier alpha value is -3.46. The van der Waals surface area contributed by atoms with E-state index in [2.05, 4.69) is 58.8 Å². The third kappa shape index (κ3) is 5.89. The Morgan fingerprint density at radius 3 is 2.36 bits per heavy atom. The lowest BCUT2D eigenvalue weighted by atomic mass is 9.49. The molecule has 42 heavy (non-hydrogen) atoms. The van der Waals surface area contributed by atoms with Crippen LogP contribution in [-0.2, 0) is 4.79 Å². The number of nitrogens with zero attached hydrogens (tertiary/aromatic N) is 6. The smallest absolute Gasteiger partial charge is 0.254 e. The minimum Gasteiger partial charge on any atom is -0.489 e. The van der Waals surface area contributed by atoms with Gasteiger partial charge in [-0.15, -0.1) is 0 Å². The first-order valence-electron chi connectivity index (χ1n) is 14.3. The second-order valence-electron chi connectivity index (χ2n) is 12.6. The highest BCUT2D eigenvalue weighted by Crippen LogP contribution is 2.55. The molecule has 0 unspecified atom stereocenters. The average Bonchev–Trinajstić information content (AvgIpc) is 3.41. The summed E-state index contributed by atoms with van der Waals surface area (Å²) in [6.45, 7) is 12.4. The van der Waals surface area contributed by atoms with Gasteiger partial charge in [0.1, 0.15) is 17.9 Å². The molecule has 0 radical (unpaired) electrons. The largest absolute Gasteiger partial charge is 0.489 e. The van der Waals surface area contributed by atoms with Gasteiger partial charge in [0.25, 0.3) is 5.91 Å². The molecule has 3 fully saturated rings. The molecule has 12 heteroatoms. The molecule has 1 saturated carbocycles. The number of β-amino-alcohol motifs (C(OH)–C–C–N with tert-alkyl or cyclic N) is 1. The Kier molecular flexibility index (Phi) is 8.34. The van der Waals surface area contributed by atoms with Gasteiger partial charge in [0, 0.05) is 74.6 Å². The van der Waals surface area contributed by atoms with E-state index in [1.165, 1.54) is 0 Å². The van der Waals surface area contributed by atoms with E-state index in [9.17, 15) is 14.7 Å². The van der Waals surface area contributed by atoms with Crippen LogP contribution < -0.4 is 15.0 Å². The fourth-order valence-corrected chi connectivity index (χ4v) is 6.99. The molecule has 224 valence electrons. The zero-order valence-corrected chi connectivity index (χ0v) is 25.3. The summed E-state index contributed by atoms with van der Waals surface area (Å²) in [4.78, 5) is 40.6. The fraction of sp³-hybridized carbons (Fsp3) is 0.567. The molecule has 5 rings (SSSR count). The van der Waals surface area contributed by atoms with Crippen LogP contribution in [0.1, 0.15) is 50.0 Å². The molecule has 1 aromatic carbocycles. The van der Waals surface area contributed by atoms with Crippen LogP contribution in [0.2, 0.25) is 5.02 Å². The third-order valence-electron chi connectivity index (χ3n) is 8.86. The van der Waals surface area contributed by atoms with Gasteiger partial charge >= 0.3 is 0 Å². The van der Waals surface area contributed by atoms with Crippen molar-refractivity contribution < 1.29 is 19.4 Å².